The number of carbonyl (C=O) groups is 1. The third-order valence-electron chi connectivity index (χ3n) is 2.27. The third-order valence-corrected chi connectivity index (χ3v) is 2.27. The fourth-order valence-corrected chi connectivity index (χ4v) is 1.42. The van der Waals surface area contributed by atoms with Crippen molar-refractivity contribution < 1.29 is 13.9 Å². The SMILES string of the molecule is COc1cccc(C(=O)c2ccnnc2)c1F. The second-order valence-electron chi connectivity index (χ2n) is 3.28. The maximum absolute atomic E-state index is 13.8. The predicted molar refractivity (Wildman–Crippen MR) is 58.4 cm³/mol. The number of ether oxygens (including phenoxy) is 1. The Bertz CT molecular complexity index is 543. The number of carbonyl (C=O) groups excluding carboxylic acids is 1. The van der Waals surface area contributed by atoms with Crippen molar-refractivity contribution in [2.75, 3.05) is 7.11 Å². The van der Waals surface area contributed by atoms with Gasteiger partial charge in [-0.2, -0.15) is 10.2 Å². The van der Waals surface area contributed by atoms with E-state index < -0.39 is 11.6 Å². The lowest BCUT2D eigenvalue weighted by atomic mass is 10.0. The monoisotopic (exact) mass is 232 g/mol. The summed E-state index contributed by atoms with van der Waals surface area (Å²) in [7, 11) is 1.35. The largest absolute Gasteiger partial charge is 0.494 e. The number of halogens is 1. The molecule has 2 aromatic rings. The zero-order chi connectivity index (χ0) is 12.3. The first-order chi connectivity index (χ1) is 8.24. The summed E-state index contributed by atoms with van der Waals surface area (Å²) in [5, 5.41) is 7.14. The maximum atomic E-state index is 13.8. The lowest BCUT2D eigenvalue weighted by Crippen LogP contribution is -2.06. The molecule has 0 radical (unpaired) electrons. The summed E-state index contributed by atoms with van der Waals surface area (Å²) in [6, 6.07) is 5.90. The molecule has 0 unspecified atom stereocenters. The molecule has 86 valence electrons. The molecular weight excluding hydrogens is 223 g/mol. The highest BCUT2D eigenvalue weighted by Gasteiger charge is 2.17. The summed E-state index contributed by atoms with van der Waals surface area (Å²) >= 11 is 0. The van der Waals surface area contributed by atoms with Gasteiger partial charge in [0.2, 0.25) is 0 Å². The van der Waals surface area contributed by atoms with Gasteiger partial charge >= 0.3 is 0 Å². The molecule has 1 aromatic heterocycles. The smallest absolute Gasteiger partial charge is 0.197 e. The number of methoxy groups -OCH3 is 1. The van der Waals surface area contributed by atoms with Crippen LogP contribution in [0.15, 0.2) is 36.7 Å². The van der Waals surface area contributed by atoms with Gasteiger partial charge in [0.15, 0.2) is 17.3 Å². The van der Waals surface area contributed by atoms with Crippen molar-refractivity contribution in [3.05, 3.63) is 53.6 Å². The van der Waals surface area contributed by atoms with Crippen LogP contribution >= 0.6 is 0 Å². The van der Waals surface area contributed by atoms with Gasteiger partial charge in [-0.3, -0.25) is 4.79 Å². The minimum absolute atomic E-state index is 0.0397. The van der Waals surface area contributed by atoms with E-state index in [0.717, 1.165) is 0 Å². The van der Waals surface area contributed by atoms with Crippen LogP contribution in [0.3, 0.4) is 0 Å². The summed E-state index contributed by atoms with van der Waals surface area (Å²) < 4.78 is 18.6. The number of ketones is 1. The minimum Gasteiger partial charge on any atom is -0.494 e. The molecule has 0 N–H and O–H groups in total. The standard InChI is InChI=1S/C12H9FN2O2/c1-17-10-4-2-3-9(11(10)13)12(16)8-5-6-14-15-7-8/h2-7H,1H3. The number of aromatic nitrogens is 2. The zero-order valence-electron chi connectivity index (χ0n) is 9.05. The number of rotatable bonds is 3. The Morgan fingerprint density at radius 1 is 1.29 bits per heavy atom. The van der Waals surface area contributed by atoms with Gasteiger partial charge in [0, 0.05) is 5.56 Å². The van der Waals surface area contributed by atoms with E-state index in [1.165, 1.54) is 37.7 Å². The molecule has 0 aliphatic rings. The Balaban J connectivity index is 2.45. The van der Waals surface area contributed by atoms with Crippen LogP contribution in [-0.4, -0.2) is 23.1 Å². The molecule has 17 heavy (non-hydrogen) atoms. The van der Waals surface area contributed by atoms with Crippen molar-refractivity contribution in [2.24, 2.45) is 0 Å². The molecule has 0 bridgehead atoms. The van der Waals surface area contributed by atoms with Crippen molar-refractivity contribution in [1.82, 2.24) is 10.2 Å². The van der Waals surface area contributed by atoms with Gasteiger partial charge in [0.05, 0.1) is 25.1 Å². The normalized spacial score (nSPS) is 10.0. The second-order valence-corrected chi connectivity index (χ2v) is 3.28. The molecule has 4 nitrogen and oxygen atoms in total. The van der Waals surface area contributed by atoms with Gasteiger partial charge in [0.25, 0.3) is 0 Å². The second kappa shape index (κ2) is 4.69. The molecule has 0 saturated carbocycles. The fraction of sp³-hybridized carbons (Fsp3) is 0.0833. The van der Waals surface area contributed by atoms with E-state index in [1.807, 2.05) is 0 Å². The van der Waals surface area contributed by atoms with E-state index in [0.29, 0.717) is 0 Å². The van der Waals surface area contributed by atoms with Gasteiger partial charge < -0.3 is 4.74 Å². The van der Waals surface area contributed by atoms with Crippen LogP contribution in [0.25, 0.3) is 0 Å². The molecule has 0 fully saturated rings. The van der Waals surface area contributed by atoms with Crippen LogP contribution in [0.5, 0.6) is 5.75 Å². The van der Waals surface area contributed by atoms with Gasteiger partial charge in [-0.15, -0.1) is 0 Å². The quantitative estimate of drug-likeness (QED) is 0.758. The molecule has 2 rings (SSSR count). The topological polar surface area (TPSA) is 52.1 Å². The average Bonchev–Trinajstić information content (AvgIpc) is 2.39. The van der Waals surface area contributed by atoms with Gasteiger partial charge in [-0.05, 0) is 18.2 Å². The number of nitrogens with zero attached hydrogens (tertiary/aromatic N) is 2. The Labute approximate surface area is 97.1 Å². The Kier molecular flexibility index (Phi) is 3.09. The molecule has 0 aliphatic carbocycles. The fourth-order valence-electron chi connectivity index (χ4n) is 1.42. The van der Waals surface area contributed by atoms with Crippen LogP contribution in [0.1, 0.15) is 15.9 Å². The number of hydrogen-bond acceptors (Lipinski definition) is 4. The average molecular weight is 232 g/mol. The molecule has 1 heterocycles. The summed E-state index contributed by atoms with van der Waals surface area (Å²) in [6.07, 6.45) is 2.67. The number of benzene rings is 1. The van der Waals surface area contributed by atoms with Crippen LogP contribution in [-0.2, 0) is 0 Å². The molecule has 0 aliphatic heterocycles. The molecule has 5 heteroatoms. The van der Waals surface area contributed by atoms with Crippen molar-refractivity contribution in [3.63, 3.8) is 0 Å². The first-order valence-corrected chi connectivity index (χ1v) is 4.88. The highest BCUT2D eigenvalue weighted by atomic mass is 19.1. The van der Waals surface area contributed by atoms with E-state index in [1.54, 1.807) is 6.07 Å². The molecule has 0 atom stereocenters. The maximum Gasteiger partial charge on any atom is 0.197 e. The Morgan fingerprint density at radius 3 is 2.76 bits per heavy atom. The molecule has 0 spiro atoms. The highest BCUT2D eigenvalue weighted by molar-refractivity contribution is 6.09. The summed E-state index contributed by atoms with van der Waals surface area (Å²) in [4.78, 5) is 12.0. The summed E-state index contributed by atoms with van der Waals surface area (Å²) in [5.74, 6) is -1.08. The van der Waals surface area contributed by atoms with Crippen LogP contribution in [0.2, 0.25) is 0 Å². The van der Waals surface area contributed by atoms with Crippen molar-refractivity contribution in [1.29, 1.82) is 0 Å². The first-order valence-electron chi connectivity index (χ1n) is 4.88. The first kappa shape index (κ1) is 11.2. The Morgan fingerprint density at radius 2 is 2.12 bits per heavy atom. The minimum atomic E-state index is -0.670. The molecule has 0 saturated heterocycles. The van der Waals surface area contributed by atoms with Crippen LogP contribution in [0.4, 0.5) is 4.39 Å². The van der Waals surface area contributed by atoms with E-state index in [4.69, 9.17) is 4.74 Å². The van der Waals surface area contributed by atoms with Crippen molar-refractivity contribution in [3.8, 4) is 5.75 Å². The van der Waals surface area contributed by atoms with Crippen LogP contribution < -0.4 is 4.74 Å². The molecular formula is C12H9FN2O2. The van der Waals surface area contributed by atoms with Gasteiger partial charge in [-0.25, -0.2) is 4.39 Å². The zero-order valence-corrected chi connectivity index (χ0v) is 9.05. The van der Waals surface area contributed by atoms with Gasteiger partial charge in [0.1, 0.15) is 0 Å². The van der Waals surface area contributed by atoms with Gasteiger partial charge in [-0.1, -0.05) is 6.07 Å². The molecule has 0 amide bonds. The molecule has 1 aromatic carbocycles. The van der Waals surface area contributed by atoms with E-state index in [-0.39, 0.29) is 16.9 Å². The third kappa shape index (κ3) is 2.13. The van der Waals surface area contributed by atoms with E-state index in [9.17, 15) is 9.18 Å². The Hall–Kier alpha value is -2.30. The lowest BCUT2D eigenvalue weighted by molar-refractivity contribution is 0.103. The van der Waals surface area contributed by atoms with Crippen molar-refractivity contribution in [2.45, 2.75) is 0 Å². The van der Waals surface area contributed by atoms with E-state index >= 15 is 0 Å². The number of hydrogen-bond donors (Lipinski definition) is 0. The van der Waals surface area contributed by atoms with Crippen molar-refractivity contribution >= 4 is 5.78 Å². The lowest BCUT2D eigenvalue weighted by Gasteiger charge is -2.06. The van der Waals surface area contributed by atoms with Crippen LogP contribution in [0, 0.1) is 5.82 Å². The van der Waals surface area contributed by atoms with E-state index in [2.05, 4.69) is 10.2 Å². The summed E-state index contributed by atoms with van der Waals surface area (Å²) in [5.41, 5.74) is 0.240. The highest BCUT2D eigenvalue weighted by Crippen LogP contribution is 2.21. The predicted octanol–water partition coefficient (Wildman–Crippen LogP) is 1.86. The summed E-state index contributed by atoms with van der Waals surface area (Å²) in [6.45, 7) is 0.